The van der Waals surface area contributed by atoms with Gasteiger partial charge in [-0.25, -0.2) is 0 Å². The van der Waals surface area contributed by atoms with Crippen LogP contribution in [-0.4, -0.2) is 47.7 Å². The van der Waals surface area contributed by atoms with Crippen molar-refractivity contribution in [1.29, 1.82) is 0 Å². The minimum absolute atomic E-state index is 0.0432. The number of anilines is 1. The molecule has 0 unspecified atom stereocenters. The van der Waals surface area contributed by atoms with Gasteiger partial charge in [-0.3, -0.25) is 14.9 Å². The molecule has 2 rings (SSSR count). The number of nitrogens with zero attached hydrogens (tertiary/aromatic N) is 2. The summed E-state index contributed by atoms with van der Waals surface area (Å²) in [7, 11) is 0. The van der Waals surface area contributed by atoms with E-state index in [1.54, 1.807) is 0 Å². The minimum Gasteiger partial charge on any atom is -0.379 e. The second-order valence-corrected chi connectivity index (χ2v) is 6.20. The van der Waals surface area contributed by atoms with Crippen LogP contribution in [0.1, 0.15) is 23.2 Å². The molecule has 0 heterocycles. The van der Waals surface area contributed by atoms with Crippen LogP contribution in [0.25, 0.3) is 0 Å². The van der Waals surface area contributed by atoms with Crippen LogP contribution in [0.15, 0.2) is 18.2 Å². The predicted molar refractivity (Wildman–Crippen MR) is 82.3 cm³/mol. The maximum atomic E-state index is 12.5. The summed E-state index contributed by atoms with van der Waals surface area (Å²) in [5, 5.41) is 14.0. The SMILES string of the molecule is O=C(c1ccc(NCC2CC2)c([N+](=O)[O-])c1)N(CC(F)(F)F)CC(F)(F)F. The number of benzene rings is 1. The highest BCUT2D eigenvalue weighted by Gasteiger charge is 2.40. The van der Waals surface area contributed by atoms with E-state index in [1.807, 2.05) is 0 Å². The number of hydrogen-bond donors (Lipinski definition) is 1. The fourth-order valence-electron chi connectivity index (χ4n) is 2.36. The highest BCUT2D eigenvalue weighted by Crippen LogP contribution is 2.32. The molecule has 0 radical (unpaired) electrons. The molecular weight excluding hydrogens is 384 g/mol. The largest absolute Gasteiger partial charge is 0.406 e. The van der Waals surface area contributed by atoms with Gasteiger partial charge in [0, 0.05) is 18.2 Å². The van der Waals surface area contributed by atoms with Crippen LogP contribution in [0.2, 0.25) is 0 Å². The fraction of sp³-hybridized carbons (Fsp3) is 0.533. The van der Waals surface area contributed by atoms with Crippen molar-refractivity contribution in [2.24, 2.45) is 5.92 Å². The molecular formula is C15H15F6N3O3. The lowest BCUT2D eigenvalue weighted by molar-refractivity contribution is -0.384. The van der Waals surface area contributed by atoms with E-state index < -0.39 is 52.4 Å². The third-order valence-electron chi connectivity index (χ3n) is 3.75. The lowest BCUT2D eigenvalue weighted by Crippen LogP contribution is -2.44. The third-order valence-corrected chi connectivity index (χ3v) is 3.75. The lowest BCUT2D eigenvalue weighted by atomic mass is 10.1. The minimum atomic E-state index is -5.06. The van der Waals surface area contributed by atoms with Crippen LogP contribution in [0.3, 0.4) is 0 Å². The Morgan fingerprint density at radius 2 is 1.70 bits per heavy atom. The van der Waals surface area contributed by atoms with Gasteiger partial charge in [0.15, 0.2) is 0 Å². The van der Waals surface area contributed by atoms with E-state index in [1.165, 1.54) is 0 Å². The molecule has 6 nitrogen and oxygen atoms in total. The van der Waals surface area contributed by atoms with Gasteiger partial charge in [-0.05, 0) is 30.9 Å². The first kappa shape index (κ1) is 20.8. The summed E-state index contributed by atoms with van der Waals surface area (Å²) in [6.07, 6.45) is -8.19. The molecule has 1 aliphatic rings. The summed E-state index contributed by atoms with van der Waals surface area (Å²) in [4.78, 5) is 22.0. The van der Waals surface area contributed by atoms with Crippen LogP contribution in [0.5, 0.6) is 0 Å². The second-order valence-electron chi connectivity index (χ2n) is 6.20. The Hall–Kier alpha value is -2.53. The molecule has 0 atom stereocenters. The number of nitro benzene ring substituents is 1. The average Bonchev–Trinajstić information content (AvgIpc) is 3.33. The Morgan fingerprint density at radius 1 is 1.15 bits per heavy atom. The first-order valence-electron chi connectivity index (χ1n) is 7.81. The number of nitrogens with one attached hydrogen (secondary N) is 1. The van der Waals surface area contributed by atoms with Crippen LogP contribution in [-0.2, 0) is 0 Å². The van der Waals surface area contributed by atoms with E-state index in [-0.39, 0.29) is 5.69 Å². The Kier molecular flexibility index (Phi) is 5.85. The van der Waals surface area contributed by atoms with Crippen molar-refractivity contribution in [3.8, 4) is 0 Å². The number of alkyl halides is 6. The normalized spacial score (nSPS) is 14.7. The molecule has 1 aromatic carbocycles. The number of nitro groups is 1. The van der Waals surface area contributed by atoms with E-state index in [4.69, 9.17) is 0 Å². The van der Waals surface area contributed by atoms with Gasteiger partial charge in [-0.15, -0.1) is 0 Å². The fourth-order valence-corrected chi connectivity index (χ4v) is 2.36. The maximum absolute atomic E-state index is 12.5. The second kappa shape index (κ2) is 7.61. The molecule has 150 valence electrons. The molecule has 0 bridgehead atoms. The summed E-state index contributed by atoms with van der Waals surface area (Å²) in [6, 6.07) is 2.74. The van der Waals surface area contributed by atoms with Crippen molar-refractivity contribution in [2.45, 2.75) is 25.2 Å². The number of halogens is 6. The van der Waals surface area contributed by atoms with Gasteiger partial charge in [0.25, 0.3) is 11.6 Å². The van der Waals surface area contributed by atoms with Crippen molar-refractivity contribution in [2.75, 3.05) is 25.0 Å². The van der Waals surface area contributed by atoms with Gasteiger partial charge in [-0.1, -0.05) is 0 Å². The molecule has 12 heteroatoms. The van der Waals surface area contributed by atoms with E-state index >= 15 is 0 Å². The van der Waals surface area contributed by atoms with Crippen LogP contribution < -0.4 is 5.32 Å². The summed E-state index contributed by atoms with van der Waals surface area (Å²) in [5.74, 6) is -1.23. The average molecular weight is 399 g/mol. The zero-order chi connectivity index (χ0) is 20.4. The van der Waals surface area contributed by atoms with Crippen molar-refractivity contribution >= 4 is 17.3 Å². The molecule has 1 N–H and O–H groups in total. The van der Waals surface area contributed by atoms with Gasteiger partial charge in [0.1, 0.15) is 18.8 Å². The van der Waals surface area contributed by atoms with E-state index in [0.717, 1.165) is 25.0 Å². The summed E-state index contributed by atoms with van der Waals surface area (Å²) >= 11 is 0. The zero-order valence-corrected chi connectivity index (χ0v) is 13.7. The van der Waals surface area contributed by atoms with E-state index in [9.17, 15) is 41.3 Å². The number of rotatable bonds is 7. The van der Waals surface area contributed by atoms with Gasteiger partial charge in [0.05, 0.1) is 4.92 Å². The summed E-state index contributed by atoms with van der Waals surface area (Å²) < 4.78 is 75.2. The quantitative estimate of drug-likeness (QED) is 0.428. The highest BCUT2D eigenvalue weighted by atomic mass is 19.4. The van der Waals surface area contributed by atoms with Crippen molar-refractivity contribution in [1.82, 2.24) is 4.90 Å². The Labute approximate surface area is 149 Å². The molecule has 0 saturated heterocycles. The van der Waals surface area contributed by atoms with Gasteiger partial charge < -0.3 is 10.2 Å². The molecule has 27 heavy (non-hydrogen) atoms. The zero-order valence-electron chi connectivity index (χ0n) is 13.7. The summed E-state index contributed by atoms with van der Waals surface area (Å²) in [6.45, 7) is -3.80. The van der Waals surface area contributed by atoms with E-state index in [2.05, 4.69) is 5.32 Å². The predicted octanol–water partition coefficient (Wildman–Crippen LogP) is 3.98. The number of carbonyl (C=O) groups excluding carboxylic acids is 1. The first-order valence-corrected chi connectivity index (χ1v) is 7.81. The standard InChI is InChI=1S/C15H15F6N3O3/c16-14(17,18)7-23(8-15(19,20)21)13(25)10-3-4-11(12(5-10)24(26)27)22-6-9-1-2-9/h3-5,9,22H,1-2,6-8H2. The van der Waals surface area contributed by atoms with Gasteiger partial charge >= 0.3 is 12.4 Å². The van der Waals surface area contributed by atoms with Crippen LogP contribution in [0.4, 0.5) is 37.7 Å². The molecule has 1 aromatic rings. The Bertz CT molecular complexity index is 700. The van der Waals surface area contributed by atoms with Crippen molar-refractivity contribution in [3.63, 3.8) is 0 Å². The Morgan fingerprint density at radius 3 is 2.15 bits per heavy atom. The number of amides is 1. The van der Waals surface area contributed by atoms with Gasteiger partial charge in [0.2, 0.25) is 0 Å². The monoisotopic (exact) mass is 399 g/mol. The first-order chi connectivity index (χ1) is 12.4. The highest BCUT2D eigenvalue weighted by molar-refractivity contribution is 5.95. The molecule has 0 aliphatic heterocycles. The van der Waals surface area contributed by atoms with Crippen molar-refractivity contribution < 1.29 is 36.1 Å². The Balaban J connectivity index is 2.27. The van der Waals surface area contributed by atoms with Crippen molar-refractivity contribution in [3.05, 3.63) is 33.9 Å². The molecule has 0 spiro atoms. The number of hydrogen-bond acceptors (Lipinski definition) is 4. The smallest absolute Gasteiger partial charge is 0.379 e. The molecule has 1 aliphatic carbocycles. The molecule has 1 amide bonds. The lowest BCUT2D eigenvalue weighted by Gasteiger charge is -2.25. The third kappa shape index (κ3) is 6.61. The van der Waals surface area contributed by atoms with Crippen LogP contribution in [0, 0.1) is 16.0 Å². The maximum Gasteiger partial charge on any atom is 0.406 e. The van der Waals surface area contributed by atoms with E-state index in [0.29, 0.717) is 18.5 Å². The van der Waals surface area contributed by atoms with Gasteiger partial charge in [-0.2, -0.15) is 26.3 Å². The van der Waals surface area contributed by atoms with Crippen LogP contribution >= 0.6 is 0 Å². The number of carbonyl (C=O) groups is 1. The summed E-state index contributed by atoms with van der Waals surface area (Å²) in [5.41, 5.74) is -1.19. The molecule has 0 aromatic heterocycles. The molecule has 1 fully saturated rings. The topological polar surface area (TPSA) is 75.5 Å². The molecule has 1 saturated carbocycles.